The quantitative estimate of drug-likeness (QED) is 0.151. The summed E-state index contributed by atoms with van der Waals surface area (Å²) in [7, 11) is 0. The molecule has 1 aliphatic rings. The van der Waals surface area contributed by atoms with Gasteiger partial charge in [0.25, 0.3) is 0 Å². The Morgan fingerprint density at radius 3 is 2.77 bits per heavy atom. The Labute approximate surface area is 206 Å². The van der Waals surface area contributed by atoms with E-state index in [-0.39, 0.29) is 30.8 Å². The van der Waals surface area contributed by atoms with Crippen LogP contribution in [0.3, 0.4) is 0 Å². The molecule has 0 saturated heterocycles. The molecular formula is C21H33IN6O2S. The molecule has 0 atom stereocenters. The molecular weight excluding hydrogens is 527 g/mol. The van der Waals surface area contributed by atoms with Crippen LogP contribution in [0.4, 0.5) is 0 Å². The summed E-state index contributed by atoms with van der Waals surface area (Å²) in [6, 6.07) is 5.94. The van der Waals surface area contributed by atoms with Crippen LogP contribution in [-0.4, -0.2) is 46.9 Å². The van der Waals surface area contributed by atoms with E-state index in [9.17, 15) is 0 Å². The topological polar surface area (TPSA) is 85.6 Å². The maximum atomic E-state index is 5.44. The lowest BCUT2D eigenvalue weighted by Gasteiger charge is -2.13. The lowest BCUT2D eigenvalue weighted by molar-refractivity contribution is 0.174. The lowest BCUT2D eigenvalue weighted by Crippen LogP contribution is -2.37. The molecule has 10 heteroatoms. The highest BCUT2D eigenvalue weighted by atomic mass is 127. The minimum absolute atomic E-state index is 0. The molecule has 0 bridgehead atoms. The van der Waals surface area contributed by atoms with Crippen molar-refractivity contribution in [1.29, 1.82) is 0 Å². The predicted octanol–water partition coefficient (Wildman–Crippen LogP) is 3.69. The van der Waals surface area contributed by atoms with Crippen LogP contribution in [0.15, 0.2) is 28.3 Å². The van der Waals surface area contributed by atoms with E-state index in [0.717, 1.165) is 66.5 Å². The van der Waals surface area contributed by atoms with Gasteiger partial charge in [-0.3, -0.25) is 0 Å². The molecule has 0 unspecified atom stereocenters. The molecule has 31 heavy (non-hydrogen) atoms. The highest BCUT2D eigenvalue weighted by Gasteiger charge is 2.14. The van der Waals surface area contributed by atoms with Gasteiger partial charge in [-0.2, -0.15) is 0 Å². The molecule has 1 aromatic heterocycles. The van der Waals surface area contributed by atoms with Crippen molar-refractivity contribution in [1.82, 2.24) is 25.4 Å². The number of hydrogen-bond acceptors (Lipinski definition) is 6. The summed E-state index contributed by atoms with van der Waals surface area (Å²) in [6.45, 7) is 9.94. The summed E-state index contributed by atoms with van der Waals surface area (Å²) in [5, 5.41) is 16.4. The Morgan fingerprint density at radius 2 is 2.03 bits per heavy atom. The van der Waals surface area contributed by atoms with Crippen LogP contribution in [0, 0.1) is 5.92 Å². The zero-order chi connectivity index (χ0) is 21.3. The van der Waals surface area contributed by atoms with Crippen molar-refractivity contribution < 1.29 is 9.47 Å². The Morgan fingerprint density at radius 1 is 1.23 bits per heavy atom. The summed E-state index contributed by atoms with van der Waals surface area (Å²) >= 11 is 1.65. The normalized spacial score (nSPS) is 12.7. The van der Waals surface area contributed by atoms with Crippen LogP contribution >= 0.6 is 35.7 Å². The molecule has 2 aromatic rings. The summed E-state index contributed by atoms with van der Waals surface area (Å²) in [4.78, 5) is 4.69. The number of aromatic nitrogens is 3. The van der Waals surface area contributed by atoms with Gasteiger partial charge in [0.15, 0.2) is 22.6 Å². The first-order chi connectivity index (χ1) is 14.6. The Balaban J connectivity index is 0.00000341. The monoisotopic (exact) mass is 560 g/mol. The van der Waals surface area contributed by atoms with E-state index in [0.29, 0.717) is 12.5 Å². The van der Waals surface area contributed by atoms with Gasteiger partial charge in [0.05, 0.1) is 6.54 Å². The standard InChI is InChI=1S/C21H32N6O2S.HI/c1-5-22-20(24-12-16-8-9-17-18(11-16)29-14-28-17)23-10-6-7-19-25-26-21(30-4)27(19)13-15(2)3;/h8-9,11,15H,5-7,10,12-14H2,1-4H3,(H2,22,23,24);1H. The van der Waals surface area contributed by atoms with E-state index in [1.165, 1.54) is 0 Å². The number of halogens is 1. The van der Waals surface area contributed by atoms with Crippen molar-refractivity contribution in [2.45, 2.75) is 51.9 Å². The first-order valence-corrected chi connectivity index (χ1v) is 11.7. The van der Waals surface area contributed by atoms with Gasteiger partial charge in [-0.15, -0.1) is 34.2 Å². The van der Waals surface area contributed by atoms with Crippen LogP contribution in [-0.2, 0) is 19.5 Å². The number of guanidine groups is 1. The fourth-order valence-electron chi connectivity index (χ4n) is 3.21. The maximum absolute atomic E-state index is 5.44. The molecule has 172 valence electrons. The SMILES string of the molecule is CCNC(=NCc1ccc2c(c1)OCO2)NCCCc1nnc(SC)n1CC(C)C.I. The number of benzene rings is 1. The van der Waals surface area contributed by atoms with Gasteiger partial charge in [0, 0.05) is 26.1 Å². The summed E-state index contributed by atoms with van der Waals surface area (Å²) < 4.78 is 13.0. The first kappa shape index (κ1) is 25.6. The number of fused-ring (bicyclic) bond motifs is 1. The van der Waals surface area contributed by atoms with Gasteiger partial charge in [-0.25, -0.2) is 4.99 Å². The van der Waals surface area contributed by atoms with Crippen LogP contribution < -0.4 is 20.1 Å². The van der Waals surface area contributed by atoms with Crippen LogP contribution in [0.2, 0.25) is 0 Å². The minimum atomic E-state index is 0. The highest BCUT2D eigenvalue weighted by molar-refractivity contribution is 14.0. The van der Waals surface area contributed by atoms with Crippen molar-refractivity contribution >= 4 is 41.7 Å². The number of nitrogens with zero attached hydrogens (tertiary/aromatic N) is 4. The second kappa shape index (κ2) is 13.0. The fourth-order valence-corrected chi connectivity index (χ4v) is 3.73. The third-order valence-electron chi connectivity index (χ3n) is 4.59. The van der Waals surface area contributed by atoms with Crippen LogP contribution in [0.25, 0.3) is 0 Å². The number of aliphatic imine (C=N–C) groups is 1. The molecule has 1 aromatic carbocycles. The third-order valence-corrected chi connectivity index (χ3v) is 5.26. The molecule has 0 amide bonds. The molecule has 3 rings (SSSR count). The molecule has 2 heterocycles. The Kier molecular flexibility index (Phi) is 10.7. The zero-order valence-electron chi connectivity index (χ0n) is 18.7. The molecule has 0 saturated carbocycles. The van der Waals surface area contributed by atoms with Gasteiger partial charge in [0.1, 0.15) is 5.82 Å². The van der Waals surface area contributed by atoms with E-state index in [2.05, 4.69) is 51.2 Å². The number of ether oxygens (including phenoxy) is 2. The Hall–Kier alpha value is -1.69. The third kappa shape index (κ3) is 7.44. The predicted molar refractivity (Wildman–Crippen MR) is 136 cm³/mol. The second-order valence-electron chi connectivity index (χ2n) is 7.52. The smallest absolute Gasteiger partial charge is 0.231 e. The van der Waals surface area contributed by atoms with Gasteiger partial charge >= 0.3 is 0 Å². The zero-order valence-corrected chi connectivity index (χ0v) is 21.8. The minimum Gasteiger partial charge on any atom is -0.454 e. The number of thioether (sulfide) groups is 1. The highest BCUT2D eigenvalue weighted by Crippen LogP contribution is 2.32. The molecule has 0 radical (unpaired) electrons. The number of nitrogens with one attached hydrogen (secondary N) is 2. The summed E-state index contributed by atoms with van der Waals surface area (Å²) in [5.41, 5.74) is 1.09. The summed E-state index contributed by atoms with van der Waals surface area (Å²) in [5.74, 6) is 4.01. The second-order valence-corrected chi connectivity index (χ2v) is 8.29. The molecule has 0 aliphatic carbocycles. The largest absolute Gasteiger partial charge is 0.454 e. The van der Waals surface area contributed by atoms with Gasteiger partial charge in [-0.05, 0) is 43.2 Å². The van der Waals surface area contributed by atoms with Gasteiger partial charge < -0.3 is 24.7 Å². The average Bonchev–Trinajstić information content (AvgIpc) is 3.35. The Bertz CT molecular complexity index is 858. The molecule has 8 nitrogen and oxygen atoms in total. The number of aryl methyl sites for hydroxylation is 1. The van der Waals surface area contributed by atoms with Crippen molar-refractivity contribution in [2.24, 2.45) is 10.9 Å². The van der Waals surface area contributed by atoms with Crippen molar-refractivity contribution in [2.75, 3.05) is 26.1 Å². The van der Waals surface area contributed by atoms with E-state index < -0.39 is 0 Å². The van der Waals surface area contributed by atoms with E-state index in [1.807, 2.05) is 24.5 Å². The van der Waals surface area contributed by atoms with Gasteiger partial charge in [0.2, 0.25) is 6.79 Å². The maximum Gasteiger partial charge on any atom is 0.231 e. The first-order valence-electron chi connectivity index (χ1n) is 10.5. The summed E-state index contributed by atoms with van der Waals surface area (Å²) in [6.07, 6.45) is 3.89. The van der Waals surface area contributed by atoms with E-state index in [1.54, 1.807) is 11.8 Å². The number of rotatable bonds is 10. The molecule has 1 aliphatic heterocycles. The van der Waals surface area contributed by atoms with E-state index >= 15 is 0 Å². The average molecular weight is 561 g/mol. The molecule has 2 N–H and O–H groups in total. The molecule has 0 fully saturated rings. The van der Waals surface area contributed by atoms with Gasteiger partial charge in [-0.1, -0.05) is 31.7 Å². The lowest BCUT2D eigenvalue weighted by atomic mass is 10.2. The van der Waals surface area contributed by atoms with Crippen LogP contribution in [0.5, 0.6) is 11.5 Å². The fraction of sp³-hybridized carbons (Fsp3) is 0.571. The van der Waals surface area contributed by atoms with Crippen molar-refractivity contribution in [3.63, 3.8) is 0 Å². The van der Waals surface area contributed by atoms with Crippen LogP contribution in [0.1, 0.15) is 38.6 Å². The van der Waals surface area contributed by atoms with E-state index in [4.69, 9.17) is 9.47 Å². The molecule has 0 spiro atoms. The number of hydrogen-bond donors (Lipinski definition) is 2. The van der Waals surface area contributed by atoms with Crippen molar-refractivity contribution in [3.05, 3.63) is 29.6 Å². The van der Waals surface area contributed by atoms with Crippen molar-refractivity contribution in [3.8, 4) is 11.5 Å².